The fourth-order valence-electron chi connectivity index (χ4n) is 1.90. The highest BCUT2D eigenvalue weighted by molar-refractivity contribution is 9.10. The van der Waals surface area contributed by atoms with Crippen molar-refractivity contribution in [3.05, 3.63) is 23.8 Å². The van der Waals surface area contributed by atoms with E-state index in [2.05, 4.69) is 20.9 Å². The van der Waals surface area contributed by atoms with Crippen LogP contribution in [-0.4, -0.2) is 24.8 Å². The van der Waals surface area contributed by atoms with Crippen LogP contribution in [0.25, 0.3) is 0 Å². The molecule has 0 aliphatic carbocycles. The zero-order valence-electron chi connectivity index (χ0n) is 10.4. The van der Waals surface area contributed by atoms with Gasteiger partial charge in [0.25, 0.3) is 6.47 Å². The highest BCUT2D eigenvalue weighted by Crippen LogP contribution is 2.45. The molecule has 6 heteroatoms. The summed E-state index contributed by atoms with van der Waals surface area (Å²) in [6.45, 7) is 3.49. The quantitative estimate of drug-likeness (QED) is 0.369. The van der Waals surface area contributed by atoms with Gasteiger partial charge in [-0.05, 0) is 25.1 Å². The molecule has 1 aliphatic heterocycles. The lowest BCUT2D eigenvalue weighted by Crippen LogP contribution is -2.33. The molecule has 1 aliphatic rings. The number of rotatable bonds is 4. The molecule has 0 N–H and O–H groups in total. The fourth-order valence-corrected chi connectivity index (χ4v) is 2.43. The van der Waals surface area contributed by atoms with Crippen molar-refractivity contribution in [1.29, 1.82) is 0 Å². The van der Waals surface area contributed by atoms with Gasteiger partial charge in [-0.25, -0.2) is 0 Å². The van der Waals surface area contributed by atoms with Gasteiger partial charge in [0.2, 0.25) is 0 Å². The number of carbonyl (C=O) groups is 2. The summed E-state index contributed by atoms with van der Waals surface area (Å²) in [7, 11) is 0. The summed E-state index contributed by atoms with van der Waals surface area (Å²) in [5, 5.41) is 0. The number of hydrogen-bond acceptors (Lipinski definition) is 5. The van der Waals surface area contributed by atoms with E-state index < -0.39 is 16.4 Å². The van der Waals surface area contributed by atoms with E-state index in [-0.39, 0.29) is 0 Å². The van der Waals surface area contributed by atoms with Crippen molar-refractivity contribution in [1.82, 2.24) is 0 Å². The van der Waals surface area contributed by atoms with Gasteiger partial charge >= 0.3 is 5.97 Å². The summed E-state index contributed by atoms with van der Waals surface area (Å²) >= 11 is 3.54. The van der Waals surface area contributed by atoms with E-state index in [4.69, 9.17) is 9.47 Å². The fraction of sp³-hybridized carbons (Fsp3) is 0.308. The van der Waals surface area contributed by atoms with Crippen molar-refractivity contribution in [2.75, 3.05) is 0 Å². The minimum Gasteiger partial charge on any atom is -0.463 e. The third-order valence-corrected chi connectivity index (χ3v) is 4.16. The van der Waals surface area contributed by atoms with Crippen molar-refractivity contribution >= 4 is 40.3 Å². The van der Waals surface area contributed by atoms with E-state index >= 15 is 0 Å². The minimum absolute atomic E-state index is 0.392. The number of ether oxygens (including phenoxy) is 2. The molecule has 0 bridgehead atoms. The molecule has 5 nitrogen and oxygen atoms in total. The maximum absolute atomic E-state index is 11.0. The van der Waals surface area contributed by atoms with Crippen LogP contribution in [0.1, 0.15) is 19.4 Å². The zero-order valence-corrected chi connectivity index (χ0v) is 12.0. The SMILES string of the molecule is CC(=O)Oc1ccc2c(c1)C(Br)(C(C)OC=O)C=N2. The Hall–Kier alpha value is -1.69. The molecule has 0 spiro atoms. The van der Waals surface area contributed by atoms with Gasteiger partial charge in [0.1, 0.15) is 16.2 Å². The van der Waals surface area contributed by atoms with Gasteiger partial charge in [-0.3, -0.25) is 14.6 Å². The molecule has 1 aromatic rings. The predicted octanol–water partition coefficient (Wildman–Crippen LogP) is 2.48. The Labute approximate surface area is 118 Å². The highest BCUT2D eigenvalue weighted by atomic mass is 79.9. The van der Waals surface area contributed by atoms with Gasteiger partial charge in [0.15, 0.2) is 0 Å². The summed E-state index contributed by atoms with van der Waals surface area (Å²) < 4.78 is 9.32. The van der Waals surface area contributed by atoms with Crippen LogP contribution < -0.4 is 4.74 Å². The summed E-state index contributed by atoms with van der Waals surface area (Å²) in [5.74, 6) is 0.0371. The molecule has 100 valence electrons. The summed E-state index contributed by atoms with van der Waals surface area (Å²) in [4.78, 5) is 25.7. The Balaban J connectivity index is 2.38. The van der Waals surface area contributed by atoms with Crippen molar-refractivity contribution in [2.24, 2.45) is 4.99 Å². The first-order valence-electron chi connectivity index (χ1n) is 5.63. The topological polar surface area (TPSA) is 65.0 Å². The Morgan fingerprint density at radius 2 is 2.26 bits per heavy atom. The summed E-state index contributed by atoms with van der Waals surface area (Å²) in [5.41, 5.74) is 1.54. The molecule has 0 amide bonds. The van der Waals surface area contributed by atoms with E-state index in [0.717, 1.165) is 11.3 Å². The first kappa shape index (κ1) is 13.7. The van der Waals surface area contributed by atoms with Crippen molar-refractivity contribution in [3.8, 4) is 5.75 Å². The lowest BCUT2D eigenvalue weighted by Gasteiger charge is -2.26. The van der Waals surface area contributed by atoms with Crippen molar-refractivity contribution in [2.45, 2.75) is 24.3 Å². The van der Waals surface area contributed by atoms with Crippen LogP contribution in [0.15, 0.2) is 23.2 Å². The molecule has 19 heavy (non-hydrogen) atoms. The largest absolute Gasteiger partial charge is 0.463 e. The van der Waals surface area contributed by atoms with Crippen molar-refractivity contribution in [3.63, 3.8) is 0 Å². The standard InChI is InChI=1S/C13H12BrNO4/c1-8(18-7-16)13(14)6-15-12-4-3-10(5-11(12)13)19-9(2)17/h3-8H,1-2H3. The molecule has 0 fully saturated rings. The molecule has 2 unspecified atom stereocenters. The smallest absolute Gasteiger partial charge is 0.308 e. The lowest BCUT2D eigenvalue weighted by molar-refractivity contribution is -0.133. The van der Waals surface area contributed by atoms with Gasteiger partial charge in [-0.2, -0.15) is 0 Å². The molecular weight excluding hydrogens is 314 g/mol. The normalized spacial score (nSPS) is 21.6. The second-order valence-corrected chi connectivity index (χ2v) is 5.49. The van der Waals surface area contributed by atoms with E-state index in [1.165, 1.54) is 6.92 Å². The Bertz CT molecular complexity index is 558. The number of esters is 1. The number of nitrogens with zero attached hydrogens (tertiary/aromatic N) is 1. The van der Waals surface area contributed by atoms with Crippen LogP contribution in [0.3, 0.4) is 0 Å². The first-order chi connectivity index (χ1) is 8.97. The highest BCUT2D eigenvalue weighted by Gasteiger charge is 2.41. The maximum atomic E-state index is 11.0. The Morgan fingerprint density at radius 1 is 1.53 bits per heavy atom. The van der Waals surface area contributed by atoms with E-state index in [1.807, 2.05) is 0 Å². The first-order valence-corrected chi connectivity index (χ1v) is 6.43. The number of alkyl halides is 1. The van der Waals surface area contributed by atoms with Gasteiger partial charge in [-0.15, -0.1) is 0 Å². The van der Waals surface area contributed by atoms with Crippen LogP contribution in [0.2, 0.25) is 0 Å². The summed E-state index contributed by atoms with van der Waals surface area (Å²) in [6.07, 6.45) is 1.23. The molecule has 0 saturated carbocycles. The number of fused-ring (bicyclic) bond motifs is 1. The second kappa shape index (κ2) is 5.13. The third-order valence-electron chi connectivity index (χ3n) is 2.89. The molecule has 1 heterocycles. The number of hydrogen-bond donors (Lipinski definition) is 0. The second-order valence-electron chi connectivity index (χ2n) is 4.17. The minimum atomic E-state index is -0.709. The van der Waals surface area contributed by atoms with Crippen LogP contribution in [0.4, 0.5) is 5.69 Å². The number of halogens is 1. The molecule has 1 aromatic carbocycles. The number of aliphatic imine (C=N–C) groups is 1. The molecular formula is C13H12BrNO4. The van der Waals surface area contributed by atoms with Crippen molar-refractivity contribution < 1.29 is 19.1 Å². The number of carbonyl (C=O) groups excluding carboxylic acids is 2. The third kappa shape index (κ3) is 2.53. The van der Waals surface area contributed by atoms with Gasteiger partial charge in [0, 0.05) is 18.7 Å². The average molecular weight is 326 g/mol. The van der Waals surface area contributed by atoms with Gasteiger partial charge in [-0.1, -0.05) is 15.9 Å². The van der Waals surface area contributed by atoms with Crippen LogP contribution in [-0.2, 0) is 18.7 Å². The van der Waals surface area contributed by atoms with E-state index in [9.17, 15) is 9.59 Å². The van der Waals surface area contributed by atoms with Gasteiger partial charge in [0.05, 0.1) is 5.69 Å². The van der Waals surface area contributed by atoms with Crippen LogP contribution >= 0.6 is 15.9 Å². The average Bonchev–Trinajstić information content (AvgIpc) is 2.68. The predicted molar refractivity (Wildman–Crippen MR) is 73.1 cm³/mol. The van der Waals surface area contributed by atoms with Gasteiger partial charge < -0.3 is 9.47 Å². The molecule has 0 radical (unpaired) electrons. The van der Waals surface area contributed by atoms with E-state index in [1.54, 1.807) is 31.3 Å². The molecule has 0 saturated heterocycles. The molecule has 0 aromatic heterocycles. The van der Waals surface area contributed by atoms with Crippen LogP contribution in [0, 0.1) is 0 Å². The Morgan fingerprint density at radius 3 is 2.89 bits per heavy atom. The Kier molecular flexibility index (Phi) is 3.71. The molecule has 2 atom stereocenters. The summed E-state index contributed by atoms with van der Waals surface area (Å²) in [6, 6.07) is 5.13. The zero-order chi connectivity index (χ0) is 14.0. The van der Waals surface area contributed by atoms with Crippen LogP contribution in [0.5, 0.6) is 5.75 Å². The lowest BCUT2D eigenvalue weighted by atomic mass is 9.95. The maximum Gasteiger partial charge on any atom is 0.308 e. The monoisotopic (exact) mass is 325 g/mol. The van der Waals surface area contributed by atoms with E-state index in [0.29, 0.717) is 12.2 Å². The number of benzene rings is 1. The molecule has 2 rings (SSSR count).